The van der Waals surface area contributed by atoms with Crippen molar-refractivity contribution in [2.45, 2.75) is 52.5 Å². The molecule has 1 saturated heterocycles. The molecule has 9 heteroatoms. The highest BCUT2D eigenvalue weighted by molar-refractivity contribution is 6.33. The fraction of sp³-hybridized carbons (Fsp3) is 0.625. The molecule has 4 amide bonds. The fourth-order valence-electron chi connectivity index (χ4n) is 4.13. The van der Waals surface area contributed by atoms with Gasteiger partial charge in [-0.1, -0.05) is 24.9 Å². The lowest BCUT2D eigenvalue weighted by Crippen LogP contribution is -2.52. The van der Waals surface area contributed by atoms with Crippen LogP contribution in [-0.2, 0) is 9.59 Å². The smallest absolute Gasteiger partial charge is 0.317 e. The Bertz CT molecular complexity index is 851. The van der Waals surface area contributed by atoms with Crippen LogP contribution in [0.1, 0.15) is 46.5 Å². The van der Waals surface area contributed by atoms with Crippen molar-refractivity contribution >= 4 is 40.8 Å². The first-order valence-corrected chi connectivity index (χ1v) is 12.3. The molecule has 0 bridgehead atoms. The molecule has 0 atom stereocenters. The molecule has 1 heterocycles. The van der Waals surface area contributed by atoms with Gasteiger partial charge >= 0.3 is 6.03 Å². The van der Waals surface area contributed by atoms with Gasteiger partial charge in [-0.15, -0.1) is 0 Å². The normalized spacial score (nSPS) is 16.4. The van der Waals surface area contributed by atoms with Crippen LogP contribution in [0.5, 0.6) is 0 Å². The SMILES string of the molecule is CCCN(CC(=O)Nc1cc(N2CCN(C(=O)NC(C)C)CC2)ccc1Cl)C(=O)C1CCC1. The zero-order valence-electron chi connectivity index (χ0n) is 19.9. The van der Waals surface area contributed by atoms with Crippen molar-refractivity contribution < 1.29 is 14.4 Å². The molecule has 0 aromatic heterocycles. The molecule has 0 unspecified atom stereocenters. The third-order valence-corrected chi connectivity index (χ3v) is 6.49. The summed E-state index contributed by atoms with van der Waals surface area (Å²) in [5.41, 5.74) is 1.47. The Morgan fingerprint density at radius 1 is 1.15 bits per heavy atom. The molecule has 1 aromatic carbocycles. The summed E-state index contributed by atoms with van der Waals surface area (Å²) in [5, 5.41) is 6.27. The average molecular weight is 478 g/mol. The fourth-order valence-corrected chi connectivity index (χ4v) is 4.29. The van der Waals surface area contributed by atoms with Crippen molar-refractivity contribution in [1.82, 2.24) is 15.1 Å². The molecule has 2 fully saturated rings. The van der Waals surface area contributed by atoms with Crippen LogP contribution in [0.15, 0.2) is 18.2 Å². The molecule has 2 aliphatic rings. The molecular weight excluding hydrogens is 442 g/mol. The van der Waals surface area contributed by atoms with Crippen LogP contribution in [-0.4, -0.2) is 73.0 Å². The summed E-state index contributed by atoms with van der Waals surface area (Å²) in [6.07, 6.45) is 3.73. The van der Waals surface area contributed by atoms with Gasteiger partial charge in [0.05, 0.1) is 17.3 Å². The lowest BCUT2D eigenvalue weighted by Gasteiger charge is -2.36. The van der Waals surface area contributed by atoms with Gasteiger partial charge in [0.1, 0.15) is 0 Å². The maximum atomic E-state index is 12.7. The van der Waals surface area contributed by atoms with E-state index in [0.29, 0.717) is 43.4 Å². The summed E-state index contributed by atoms with van der Waals surface area (Å²) in [6.45, 7) is 9.15. The highest BCUT2D eigenvalue weighted by Gasteiger charge is 2.30. The van der Waals surface area contributed by atoms with E-state index >= 15 is 0 Å². The molecule has 2 N–H and O–H groups in total. The zero-order chi connectivity index (χ0) is 24.0. The number of urea groups is 1. The van der Waals surface area contributed by atoms with Gasteiger partial charge in [-0.05, 0) is 51.3 Å². The Labute approximate surface area is 201 Å². The Hall–Kier alpha value is -2.48. The number of hydrogen-bond donors (Lipinski definition) is 2. The highest BCUT2D eigenvalue weighted by atomic mass is 35.5. The van der Waals surface area contributed by atoms with E-state index in [2.05, 4.69) is 15.5 Å². The molecule has 33 heavy (non-hydrogen) atoms. The summed E-state index contributed by atoms with van der Waals surface area (Å²) in [7, 11) is 0. The van der Waals surface area contributed by atoms with E-state index in [4.69, 9.17) is 11.6 Å². The molecule has 8 nitrogen and oxygen atoms in total. The van der Waals surface area contributed by atoms with Crippen LogP contribution in [0.4, 0.5) is 16.2 Å². The van der Waals surface area contributed by atoms with E-state index < -0.39 is 0 Å². The molecule has 3 rings (SSSR count). The molecule has 0 spiro atoms. The van der Waals surface area contributed by atoms with E-state index in [0.717, 1.165) is 31.4 Å². The second kappa shape index (κ2) is 11.6. The van der Waals surface area contributed by atoms with Crippen LogP contribution >= 0.6 is 11.6 Å². The number of nitrogens with one attached hydrogen (secondary N) is 2. The monoisotopic (exact) mass is 477 g/mol. The summed E-state index contributed by atoms with van der Waals surface area (Å²) >= 11 is 6.36. The highest BCUT2D eigenvalue weighted by Crippen LogP contribution is 2.30. The Kier molecular flexibility index (Phi) is 8.83. The molecule has 1 aliphatic carbocycles. The Morgan fingerprint density at radius 3 is 2.42 bits per heavy atom. The number of nitrogens with zero attached hydrogens (tertiary/aromatic N) is 3. The Balaban J connectivity index is 1.59. The maximum Gasteiger partial charge on any atom is 0.317 e. The molecule has 182 valence electrons. The van der Waals surface area contributed by atoms with Crippen molar-refractivity contribution in [3.63, 3.8) is 0 Å². The molecule has 1 saturated carbocycles. The van der Waals surface area contributed by atoms with Crippen LogP contribution in [0, 0.1) is 5.92 Å². The van der Waals surface area contributed by atoms with Crippen molar-refractivity contribution in [1.29, 1.82) is 0 Å². The molecule has 1 aliphatic heterocycles. The minimum Gasteiger partial charge on any atom is -0.368 e. The van der Waals surface area contributed by atoms with E-state index in [-0.39, 0.29) is 36.3 Å². The van der Waals surface area contributed by atoms with Gasteiger partial charge in [0.15, 0.2) is 0 Å². The second-order valence-corrected chi connectivity index (χ2v) is 9.59. The molecule has 0 radical (unpaired) electrons. The van der Waals surface area contributed by atoms with Crippen LogP contribution in [0.25, 0.3) is 0 Å². The first-order valence-electron chi connectivity index (χ1n) is 12.0. The topological polar surface area (TPSA) is 85.0 Å². The van der Waals surface area contributed by atoms with Gasteiger partial charge < -0.3 is 25.3 Å². The number of halogens is 1. The summed E-state index contributed by atoms with van der Waals surface area (Å²) in [6, 6.07) is 5.62. The first-order chi connectivity index (χ1) is 15.8. The van der Waals surface area contributed by atoms with Crippen molar-refractivity contribution in [3.8, 4) is 0 Å². The lowest BCUT2D eigenvalue weighted by atomic mass is 9.84. The predicted molar refractivity (Wildman–Crippen MR) is 132 cm³/mol. The van der Waals surface area contributed by atoms with Crippen LogP contribution in [0.2, 0.25) is 5.02 Å². The standard InChI is InChI=1S/C24H36ClN5O3/c1-4-10-30(23(32)18-6-5-7-18)16-22(31)27-21-15-19(8-9-20(21)25)28-11-13-29(14-12-28)24(33)26-17(2)3/h8-9,15,17-18H,4-7,10-14,16H2,1-3H3,(H,26,33)(H,27,31). The molecule has 1 aromatic rings. The summed E-state index contributed by atoms with van der Waals surface area (Å²) < 4.78 is 0. The van der Waals surface area contributed by atoms with E-state index in [9.17, 15) is 14.4 Å². The van der Waals surface area contributed by atoms with Gasteiger partial charge in [0, 0.05) is 50.4 Å². The largest absolute Gasteiger partial charge is 0.368 e. The van der Waals surface area contributed by atoms with E-state index in [1.165, 1.54) is 0 Å². The summed E-state index contributed by atoms with van der Waals surface area (Å²) in [4.78, 5) is 43.3. The first kappa shape index (κ1) is 25.1. The maximum absolute atomic E-state index is 12.7. The van der Waals surface area contributed by atoms with E-state index in [1.54, 1.807) is 11.0 Å². The van der Waals surface area contributed by atoms with Gasteiger partial charge in [-0.25, -0.2) is 4.79 Å². The number of piperazine rings is 1. The number of rotatable bonds is 8. The predicted octanol–water partition coefficient (Wildman–Crippen LogP) is 3.56. The van der Waals surface area contributed by atoms with Crippen LogP contribution < -0.4 is 15.5 Å². The minimum atomic E-state index is -0.245. The lowest BCUT2D eigenvalue weighted by molar-refractivity contribution is -0.140. The quantitative estimate of drug-likeness (QED) is 0.599. The van der Waals surface area contributed by atoms with E-state index in [1.807, 2.05) is 37.8 Å². The van der Waals surface area contributed by atoms with Crippen LogP contribution in [0.3, 0.4) is 0 Å². The summed E-state index contributed by atoms with van der Waals surface area (Å²) in [5.74, 6) is -0.0969. The number of benzene rings is 1. The van der Waals surface area contributed by atoms with Crippen molar-refractivity contribution in [2.75, 3.05) is 49.5 Å². The molecular formula is C24H36ClN5O3. The third kappa shape index (κ3) is 6.76. The van der Waals surface area contributed by atoms with Gasteiger partial charge in [-0.2, -0.15) is 0 Å². The number of carbonyl (C=O) groups is 3. The van der Waals surface area contributed by atoms with Gasteiger partial charge in [-0.3, -0.25) is 9.59 Å². The third-order valence-electron chi connectivity index (χ3n) is 6.16. The van der Waals surface area contributed by atoms with Gasteiger partial charge in [0.25, 0.3) is 0 Å². The van der Waals surface area contributed by atoms with Crippen molar-refractivity contribution in [3.05, 3.63) is 23.2 Å². The number of anilines is 2. The van der Waals surface area contributed by atoms with Crippen molar-refractivity contribution in [2.24, 2.45) is 5.92 Å². The zero-order valence-corrected chi connectivity index (χ0v) is 20.7. The number of hydrogen-bond acceptors (Lipinski definition) is 4. The number of carbonyl (C=O) groups excluding carboxylic acids is 3. The second-order valence-electron chi connectivity index (χ2n) is 9.18. The van der Waals surface area contributed by atoms with Gasteiger partial charge in [0.2, 0.25) is 11.8 Å². The Morgan fingerprint density at radius 2 is 1.85 bits per heavy atom. The minimum absolute atomic E-state index is 0.0351. The average Bonchev–Trinajstić information content (AvgIpc) is 2.73. The number of amides is 4.